The Morgan fingerprint density at radius 2 is 1.93 bits per heavy atom. The summed E-state index contributed by atoms with van der Waals surface area (Å²) in [5.41, 5.74) is 11.7. The van der Waals surface area contributed by atoms with E-state index in [4.69, 9.17) is 0 Å². The van der Waals surface area contributed by atoms with Crippen LogP contribution in [0.3, 0.4) is 0 Å². The molecule has 7 heterocycles. The Balaban J connectivity index is 1.16. The predicted octanol–water partition coefficient (Wildman–Crippen LogP) is 5.33. The van der Waals surface area contributed by atoms with Crippen molar-refractivity contribution in [3.05, 3.63) is 112 Å². The molecule has 2 saturated heterocycles. The summed E-state index contributed by atoms with van der Waals surface area (Å²) in [4.78, 5) is 11.6. The Morgan fingerprint density at radius 1 is 1.07 bits per heavy atom. The lowest BCUT2D eigenvalue weighted by molar-refractivity contribution is -0.00919. The number of aromatic nitrogens is 1. The molecular weight excluding hydrogens is 544 g/mol. The van der Waals surface area contributed by atoms with E-state index in [1.807, 2.05) is 0 Å². The van der Waals surface area contributed by atoms with Crippen LogP contribution >= 0.6 is 0 Å². The number of aliphatic hydroxyl groups excluding tert-OH is 2. The Morgan fingerprint density at radius 3 is 2.82 bits per heavy atom. The number of nitrogens with one attached hydrogen (secondary N) is 1. The van der Waals surface area contributed by atoms with Crippen molar-refractivity contribution in [3.63, 3.8) is 0 Å². The molecule has 1 aliphatic carbocycles. The zero-order chi connectivity index (χ0) is 29.3. The highest BCUT2D eigenvalue weighted by Crippen LogP contribution is 2.65. The van der Waals surface area contributed by atoms with Gasteiger partial charge >= 0.3 is 0 Å². The van der Waals surface area contributed by atoms with E-state index >= 15 is 0 Å². The lowest BCUT2D eigenvalue weighted by atomic mass is 9.53. The Bertz CT molecular complexity index is 1850. The molecule has 0 amide bonds. The van der Waals surface area contributed by atoms with Crippen LogP contribution in [0.5, 0.6) is 0 Å². The van der Waals surface area contributed by atoms with Gasteiger partial charge in [-0.1, -0.05) is 55.0 Å². The molecule has 6 nitrogen and oxygen atoms in total. The minimum atomic E-state index is -0.568. The molecular formula is C38H40N4O2. The first-order valence-electron chi connectivity index (χ1n) is 16.7. The number of benzene rings is 2. The second-order valence-electron chi connectivity index (χ2n) is 14.1. The fraction of sp³-hybridized carbons (Fsp3) is 0.421. The molecule has 10 rings (SSSR count). The van der Waals surface area contributed by atoms with Crippen LogP contribution in [0.25, 0.3) is 10.9 Å². The highest BCUT2D eigenvalue weighted by molar-refractivity contribution is 5.85. The van der Waals surface area contributed by atoms with Crippen molar-refractivity contribution in [1.29, 1.82) is 0 Å². The van der Waals surface area contributed by atoms with Gasteiger partial charge < -0.3 is 25.0 Å². The molecule has 2 aromatic carbocycles. The third-order valence-corrected chi connectivity index (χ3v) is 12.6. The molecule has 1 saturated carbocycles. The molecule has 7 atom stereocenters. The molecule has 1 unspecified atom stereocenters. The van der Waals surface area contributed by atoms with Crippen LogP contribution in [0.1, 0.15) is 49.0 Å². The van der Waals surface area contributed by atoms with Gasteiger partial charge in [-0.25, -0.2) is 0 Å². The Kier molecular flexibility index (Phi) is 5.26. The monoisotopic (exact) mass is 584 g/mol. The first-order valence-corrected chi connectivity index (χ1v) is 16.7. The van der Waals surface area contributed by atoms with Gasteiger partial charge in [0.15, 0.2) is 0 Å². The van der Waals surface area contributed by atoms with E-state index in [0.717, 1.165) is 50.9 Å². The second kappa shape index (κ2) is 9.00. The highest BCUT2D eigenvalue weighted by Gasteiger charge is 2.69. The summed E-state index contributed by atoms with van der Waals surface area (Å²) >= 11 is 0. The average molecular weight is 585 g/mol. The summed E-state index contributed by atoms with van der Waals surface area (Å²) in [7, 11) is 0. The quantitative estimate of drug-likeness (QED) is 0.364. The van der Waals surface area contributed by atoms with Crippen molar-refractivity contribution in [1.82, 2.24) is 14.8 Å². The highest BCUT2D eigenvalue weighted by atomic mass is 16.3. The van der Waals surface area contributed by atoms with Crippen molar-refractivity contribution in [2.75, 3.05) is 31.1 Å². The van der Waals surface area contributed by atoms with Crippen LogP contribution in [0.4, 0.5) is 5.69 Å². The van der Waals surface area contributed by atoms with Crippen molar-refractivity contribution < 1.29 is 10.2 Å². The van der Waals surface area contributed by atoms with Crippen molar-refractivity contribution >= 4 is 16.6 Å². The largest absolute Gasteiger partial charge is 0.392 e. The first kappa shape index (κ1) is 25.7. The minimum absolute atomic E-state index is 0.0370. The smallest absolute Gasteiger partial charge is 0.0882 e. The molecule has 1 aromatic heterocycles. The fourth-order valence-corrected chi connectivity index (χ4v) is 11.0. The maximum absolute atomic E-state index is 12.7. The fourth-order valence-electron chi connectivity index (χ4n) is 11.0. The summed E-state index contributed by atoms with van der Waals surface area (Å²) in [6, 6.07) is 18.6. The number of piperidine rings is 1. The number of fused-ring (bicyclic) bond motifs is 9. The first-order chi connectivity index (χ1) is 21.6. The van der Waals surface area contributed by atoms with Crippen LogP contribution in [-0.4, -0.2) is 69.4 Å². The zero-order valence-electron chi connectivity index (χ0n) is 25.3. The molecule has 0 radical (unpaired) electrons. The number of rotatable bonds is 3. The van der Waals surface area contributed by atoms with Gasteiger partial charge in [-0.05, 0) is 78.6 Å². The third kappa shape index (κ3) is 3.07. The maximum Gasteiger partial charge on any atom is 0.0882 e. The van der Waals surface area contributed by atoms with Gasteiger partial charge in [0.2, 0.25) is 0 Å². The van der Waals surface area contributed by atoms with E-state index in [9.17, 15) is 10.2 Å². The topological polar surface area (TPSA) is 66.0 Å². The molecule has 44 heavy (non-hydrogen) atoms. The number of hydrogen-bond donors (Lipinski definition) is 3. The van der Waals surface area contributed by atoms with Gasteiger partial charge in [0.05, 0.1) is 24.8 Å². The van der Waals surface area contributed by atoms with Gasteiger partial charge in [-0.2, -0.15) is 0 Å². The predicted molar refractivity (Wildman–Crippen MR) is 173 cm³/mol. The number of H-pyrrole nitrogens is 1. The van der Waals surface area contributed by atoms with Crippen molar-refractivity contribution in [3.8, 4) is 0 Å². The molecule has 3 aromatic rings. The van der Waals surface area contributed by atoms with Crippen molar-refractivity contribution in [2.24, 2.45) is 11.8 Å². The van der Waals surface area contributed by atoms with E-state index in [1.165, 1.54) is 50.1 Å². The van der Waals surface area contributed by atoms with E-state index in [-0.39, 0.29) is 35.9 Å². The molecule has 7 aliphatic rings. The van der Waals surface area contributed by atoms with E-state index in [1.54, 1.807) is 0 Å². The lowest BCUT2D eigenvalue weighted by Gasteiger charge is -2.59. The summed E-state index contributed by atoms with van der Waals surface area (Å²) in [6.07, 6.45) is 12.8. The summed E-state index contributed by atoms with van der Waals surface area (Å²) in [5.74, 6) is 0.337. The standard InChI is InChI=1S/C38H40N4O2/c1-2-22-19-40-14-11-25-24-7-3-5-9-30(24)39-35(25)32(40)17-26(22)28-21-42-31-10-6-4-8-29(31)38-13-15-41-20-23(12-16-43)27(18-33(38)41)34(36(28)44)37(38)42/h3-10,12,17,19,21,27,32-34,36-37,39,43-44H,2,11,13-16,18,20H2,1H3/t27-,32?,33-,34-,36+,37-,38+/m0/s1. The van der Waals surface area contributed by atoms with Gasteiger partial charge in [-0.15, -0.1) is 0 Å². The van der Waals surface area contributed by atoms with E-state index < -0.39 is 6.10 Å². The number of aromatic amines is 1. The normalized spacial score (nSPS) is 35.6. The molecule has 2 bridgehead atoms. The minimum Gasteiger partial charge on any atom is -0.392 e. The SMILES string of the molecule is CCC1=CN2CCc3c([nH]c4ccccc34)C2C=C1C1=CN2c3ccccc3[C@]34CCN5CC(=CCO)[C@H](C[C@H]53)[C@@H]([C@@H]1O)[C@H]24. The van der Waals surface area contributed by atoms with Crippen LogP contribution in [0.15, 0.2) is 95.4 Å². The van der Waals surface area contributed by atoms with Crippen LogP contribution in [0, 0.1) is 11.8 Å². The molecule has 3 N–H and O–H groups in total. The van der Waals surface area contributed by atoms with Crippen LogP contribution < -0.4 is 4.90 Å². The number of aliphatic hydroxyl groups is 2. The van der Waals surface area contributed by atoms with Crippen LogP contribution in [-0.2, 0) is 11.8 Å². The molecule has 6 heteroatoms. The number of nitrogens with zero attached hydrogens (tertiary/aromatic N) is 3. The summed E-state index contributed by atoms with van der Waals surface area (Å²) < 4.78 is 0. The number of para-hydroxylation sites is 2. The molecule has 6 aliphatic heterocycles. The third-order valence-electron chi connectivity index (χ3n) is 12.6. The Hall–Kier alpha value is -3.58. The van der Waals surface area contributed by atoms with E-state index in [2.05, 4.69) is 99.7 Å². The Labute approximate surface area is 258 Å². The summed E-state index contributed by atoms with van der Waals surface area (Å²) in [5, 5.41) is 24.1. The second-order valence-corrected chi connectivity index (χ2v) is 14.1. The molecule has 3 fully saturated rings. The van der Waals surface area contributed by atoms with Gasteiger partial charge in [-0.3, -0.25) is 4.90 Å². The lowest BCUT2D eigenvalue weighted by Crippen LogP contribution is -2.67. The van der Waals surface area contributed by atoms with Gasteiger partial charge in [0, 0.05) is 70.7 Å². The van der Waals surface area contributed by atoms with Crippen molar-refractivity contribution in [2.45, 2.75) is 62.3 Å². The zero-order valence-corrected chi connectivity index (χ0v) is 25.3. The number of anilines is 1. The average Bonchev–Trinajstić information content (AvgIpc) is 3.73. The van der Waals surface area contributed by atoms with Gasteiger partial charge in [0.25, 0.3) is 0 Å². The maximum atomic E-state index is 12.7. The number of allylic oxidation sites excluding steroid dienone is 1. The summed E-state index contributed by atoms with van der Waals surface area (Å²) in [6.45, 7) is 5.30. The number of hydrogen-bond acceptors (Lipinski definition) is 5. The molecule has 224 valence electrons. The van der Waals surface area contributed by atoms with Gasteiger partial charge in [0.1, 0.15) is 0 Å². The van der Waals surface area contributed by atoms with E-state index in [0.29, 0.717) is 6.04 Å². The van der Waals surface area contributed by atoms with Crippen LogP contribution in [0.2, 0.25) is 0 Å². The molecule has 1 spiro atoms.